The van der Waals surface area contributed by atoms with Crippen LogP contribution in [0, 0.1) is 0 Å². The van der Waals surface area contributed by atoms with Gasteiger partial charge in [-0.1, -0.05) is 15.9 Å². The average molecular weight is 323 g/mol. The molecule has 4 heteroatoms. The monoisotopic (exact) mass is 321 g/mol. The minimum atomic E-state index is -0.337. The molecule has 0 bridgehead atoms. The normalized spacial score (nSPS) is 11.5. The van der Waals surface area contributed by atoms with E-state index in [1.165, 1.54) is 0 Å². The van der Waals surface area contributed by atoms with E-state index in [1.54, 1.807) is 0 Å². The molecule has 0 aliphatic heterocycles. The van der Waals surface area contributed by atoms with Crippen molar-refractivity contribution in [1.82, 2.24) is 0 Å². The molecule has 0 radical (unpaired) electrons. The summed E-state index contributed by atoms with van der Waals surface area (Å²) in [5.74, 6) is 0.809. The van der Waals surface area contributed by atoms with Crippen LogP contribution in [0.5, 0.6) is 5.75 Å². The van der Waals surface area contributed by atoms with Crippen molar-refractivity contribution in [2.75, 3.05) is 6.54 Å². The van der Waals surface area contributed by atoms with E-state index in [0.717, 1.165) is 14.7 Å². The smallest absolute Gasteiger partial charge is 0.134 e. The Kier molecular flexibility index (Phi) is 3.98. The zero-order chi connectivity index (χ0) is 10.8. The number of nitrogens with two attached hydrogens (primary N) is 1. The first-order valence-electron chi connectivity index (χ1n) is 4.29. The number of hydrogen-bond acceptors (Lipinski definition) is 2. The lowest BCUT2D eigenvalue weighted by Crippen LogP contribution is -2.37. The predicted octanol–water partition coefficient (Wildman–Crippen LogP) is 3.33. The first-order valence-corrected chi connectivity index (χ1v) is 5.87. The number of rotatable bonds is 3. The molecule has 0 aliphatic rings. The highest BCUT2D eigenvalue weighted by molar-refractivity contribution is 9.11. The summed E-state index contributed by atoms with van der Waals surface area (Å²) in [7, 11) is 0. The molecule has 1 rings (SSSR count). The summed E-state index contributed by atoms with van der Waals surface area (Å²) >= 11 is 6.82. The Hall–Kier alpha value is -0.0600. The standard InChI is InChI=1S/C10H13Br2NO/c1-10(2,6-13)14-9-4-3-7(11)5-8(9)12/h3-5H,6,13H2,1-2H3. The fourth-order valence-electron chi connectivity index (χ4n) is 0.897. The van der Waals surface area contributed by atoms with Gasteiger partial charge in [-0.05, 0) is 48.0 Å². The lowest BCUT2D eigenvalue weighted by Gasteiger charge is -2.25. The summed E-state index contributed by atoms with van der Waals surface area (Å²) in [6.07, 6.45) is 0. The van der Waals surface area contributed by atoms with E-state index >= 15 is 0 Å². The molecule has 0 aromatic heterocycles. The molecular weight excluding hydrogens is 310 g/mol. The van der Waals surface area contributed by atoms with Gasteiger partial charge in [-0.3, -0.25) is 0 Å². The van der Waals surface area contributed by atoms with E-state index in [0.29, 0.717) is 6.54 Å². The van der Waals surface area contributed by atoms with Crippen LogP contribution < -0.4 is 10.5 Å². The minimum absolute atomic E-state index is 0.337. The van der Waals surface area contributed by atoms with Crippen molar-refractivity contribution in [2.45, 2.75) is 19.4 Å². The molecule has 0 amide bonds. The van der Waals surface area contributed by atoms with Crippen LogP contribution in [0.25, 0.3) is 0 Å². The molecule has 0 fully saturated rings. The Labute approximate surface area is 101 Å². The summed E-state index contributed by atoms with van der Waals surface area (Å²) in [6, 6.07) is 5.79. The zero-order valence-corrected chi connectivity index (χ0v) is 11.4. The Morgan fingerprint density at radius 2 is 2.00 bits per heavy atom. The zero-order valence-electron chi connectivity index (χ0n) is 8.18. The van der Waals surface area contributed by atoms with Crippen molar-refractivity contribution in [3.63, 3.8) is 0 Å². The second-order valence-corrected chi connectivity index (χ2v) is 5.41. The van der Waals surface area contributed by atoms with Gasteiger partial charge in [-0.2, -0.15) is 0 Å². The van der Waals surface area contributed by atoms with E-state index in [9.17, 15) is 0 Å². The van der Waals surface area contributed by atoms with Gasteiger partial charge in [0.1, 0.15) is 11.4 Å². The number of hydrogen-bond donors (Lipinski definition) is 1. The van der Waals surface area contributed by atoms with E-state index in [2.05, 4.69) is 31.9 Å². The summed E-state index contributed by atoms with van der Waals surface area (Å²) in [5.41, 5.74) is 5.25. The van der Waals surface area contributed by atoms with Crippen LogP contribution in [0.2, 0.25) is 0 Å². The highest BCUT2D eigenvalue weighted by Crippen LogP contribution is 2.30. The Bertz CT molecular complexity index is 326. The number of benzene rings is 1. The lowest BCUT2D eigenvalue weighted by atomic mass is 10.1. The molecule has 2 nitrogen and oxygen atoms in total. The summed E-state index contributed by atoms with van der Waals surface area (Å²) in [6.45, 7) is 4.40. The van der Waals surface area contributed by atoms with E-state index in [1.807, 2.05) is 32.0 Å². The van der Waals surface area contributed by atoms with Crippen molar-refractivity contribution in [1.29, 1.82) is 0 Å². The van der Waals surface area contributed by atoms with Crippen molar-refractivity contribution < 1.29 is 4.74 Å². The maximum absolute atomic E-state index is 5.74. The minimum Gasteiger partial charge on any atom is -0.485 e. The highest BCUT2D eigenvalue weighted by atomic mass is 79.9. The van der Waals surface area contributed by atoms with Crippen molar-refractivity contribution in [3.8, 4) is 5.75 Å². The Morgan fingerprint density at radius 3 is 2.50 bits per heavy atom. The molecule has 0 saturated carbocycles. The van der Waals surface area contributed by atoms with Crippen LogP contribution in [0.1, 0.15) is 13.8 Å². The molecule has 14 heavy (non-hydrogen) atoms. The van der Waals surface area contributed by atoms with Crippen LogP contribution in [-0.2, 0) is 0 Å². The second-order valence-electron chi connectivity index (χ2n) is 3.64. The van der Waals surface area contributed by atoms with Crippen molar-refractivity contribution in [3.05, 3.63) is 27.1 Å². The Balaban J connectivity index is 2.87. The third-order valence-corrected chi connectivity index (χ3v) is 2.88. The Morgan fingerprint density at radius 1 is 1.36 bits per heavy atom. The quantitative estimate of drug-likeness (QED) is 0.926. The molecule has 1 aromatic rings. The third kappa shape index (κ3) is 3.26. The van der Waals surface area contributed by atoms with Crippen molar-refractivity contribution in [2.24, 2.45) is 5.73 Å². The molecule has 0 heterocycles. The van der Waals surface area contributed by atoms with Gasteiger partial charge in [0.25, 0.3) is 0 Å². The fraction of sp³-hybridized carbons (Fsp3) is 0.400. The summed E-state index contributed by atoms with van der Waals surface area (Å²) < 4.78 is 7.68. The molecule has 2 N–H and O–H groups in total. The first-order chi connectivity index (χ1) is 6.44. The van der Waals surface area contributed by atoms with Gasteiger partial charge in [-0.15, -0.1) is 0 Å². The summed E-state index contributed by atoms with van der Waals surface area (Å²) in [5, 5.41) is 0. The van der Waals surface area contributed by atoms with Gasteiger partial charge in [0.2, 0.25) is 0 Å². The molecule has 0 unspecified atom stereocenters. The topological polar surface area (TPSA) is 35.2 Å². The van der Waals surface area contributed by atoms with Gasteiger partial charge >= 0.3 is 0 Å². The first kappa shape index (κ1) is 12.0. The molecule has 0 spiro atoms. The van der Waals surface area contributed by atoms with Gasteiger partial charge in [-0.25, -0.2) is 0 Å². The van der Waals surface area contributed by atoms with Gasteiger partial charge in [0.15, 0.2) is 0 Å². The fourth-order valence-corrected chi connectivity index (χ4v) is 2.03. The predicted molar refractivity (Wildman–Crippen MR) is 65.6 cm³/mol. The van der Waals surface area contributed by atoms with Gasteiger partial charge in [0, 0.05) is 11.0 Å². The van der Waals surface area contributed by atoms with Crippen molar-refractivity contribution >= 4 is 31.9 Å². The molecule has 78 valence electrons. The SMILES string of the molecule is CC(C)(CN)Oc1ccc(Br)cc1Br. The molecule has 1 aromatic carbocycles. The van der Waals surface area contributed by atoms with Gasteiger partial charge < -0.3 is 10.5 Å². The van der Waals surface area contributed by atoms with Crippen LogP contribution in [0.15, 0.2) is 27.1 Å². The van der Waals surface area contributed by atoms with E-state index in [4.69, 9.17) is 10.5 Å². The van der Waals surface area contributed by atoms with Crippen LogP contribution in [0.4, 0.5) is 0 Å². The molecule has 0 atom stereocenters. The van der Waals surface area contributed by atoms with E-state index < -0.39 is 0 Å². The maximum atomic E-state index is 5.74. The summed E-state index contributed by atoms with van der Waals surface area (Å²) in [4.78, 5) is 0. The average Bonchev–Trinajstić information content (AvgIpc) is 2.10. The third-order valence-electron chi connectivity index (χ3n) is 1.77. The van der Waals surface area contributed by atoms with Crippen LogP contribution in [0.3, 0.4) is 0 Å². The van der Waals surface area contributed by atoms with E-state index in [-0.39, 0.29) is 5.60 Å². The van der Waals surface area contributed by atoms with Crippen LogP contribution >= 0.6 is 31.9 Å². The molecular formula is C10H13Br2NO. The van der Waals surface area contributed by atoms with Gasteiger partial charge in [0.05, 0.1) is 4.47 Å². The van der Waals surface area contributed by atoms with Crippen LogP contribution in [-0.4, -0.2) is 12.1 Å². The largest absolute Gasteiger partial charge is 0.485 e. The molecule has 0 aliphatic carbocycles. The number of ether oxygens (including phenoxy) is 1. The lowest BCUT2D eigenvalue weighted by molar-refractivity contribution is 0.118. The number of halogens is 2. The second kappa shape index (κ2) is 4.64. The highest BCUT2D eigenvalue weighted by Gasteiger charge is 2.18. The molecule has 0 saturated heterocycles. The maximum Gasteiger partial charge on any atom is 0.134 e.